The van der Waals surface area contributed by atoms with Gasteiger partial charge in [-0.2, -0.15) is 0 Å². The van der Waals surface area contributed by atoms with Crippen LogP contribution in [0.1, 0.15) is 55.7 Å². The number of likely N-dealkylation sites (tertiary alicyclic amines) is 1. The average molecular weight is 446 g/mol. The average Bonchev–Trinajstić information content (AvgIpc) is 3.18. The number of hydrogen-bond acceptors (Lipinski definition) is 3. The van der Waals surface area contributed by atoms with Crippen molar-refractivity contribution in [2.75, 3.05) is 26.2 Å². The molecule has 2 aromatic carbocycles. The Hall–Kier alpha value is -2.14. The Morgan fingerprint density at radius 1 is 1.03 bits per heavy atom. The van der Waals surface area contributed by atoms with Gasteiger partial charge in [0.25, 0.3) is 0 Å². The molecule has 1 aromatic heterocycles. The van der Waals surface area contributed by atoms with Gasteiger partial charge in [-0.1, -0.05) is 61.9 Å². The summed E-state index contributed by atoms with van der Waals surface area (Å²) in [6, 6.07) is 17.8. The minimum Gasteiger partial charge on any atom is -0.353 e. The number of rotatable bonds is 10. The molecule has 2 aliphatic heterocycles. The van der Waals surface area contributed by atoms with Crippen molar-refractivity contribution in [3.63, 3.8) is 0 Å². The molecule has 33 heavy (non-hydrogen) atoms. The lowest BCUT2D eigenvalue weighted by molar-refractivity contribution is 0.301. The van der Waals surface area contributed by atoms with Crippen molar-refractivity contribution in [1.82, 2.24) is 14.8 Å². The highest BCUT2D eigenvalue weighted by Crippen LogP contribution is 2.39. The van der Waals surface area contributed by atoms with E-state index in [-0.39, 0.29) is 6.23 Å². The second-order valence-electron chi connectivity index (χ2n) is 10.4. The zero-order chi connectivity index (χ0) is 22.8. The molecule has 4 nitrogen and oxygen atoms in total. The second-order valence-corrected chi connectivity index (χ2v) is 10.4. The van der Waals surface area contributed by atoms with Crippen LogP contribution >= 0.6 is 0 Å². The van der Waals surface area contributed by atoms with E-state index in [2.05, 4.69) is 90.3 Å². The van der Waals surface area contributed by atoms with Crippen LogP contribution in [0.15, 0.2) is 54.7 Å². The van der Waals surface area contributed by atoms with Gasteiger partial charge in [-0.05, 0) is 68.3 Å². The molecular formula is C29H39N3O. The predicted octanol–water partition coefficient (Wildman–Crippen LogP) is 5.54. The maximum atomic E-state index is 6.07. The fourth-order valence-corrected chi connectivity index (χ4v) is 5.47. The van der Waals surface area contributed by atoms with Gasteiger partial charge < -0.3 is 14.2 Å². The van der Waals surface area contributed by atoms with Crippen molar-refractivity contribution in [3.8, 4) is 0 Å². The van der Waals surface area contributed by atoms with E-state index in [1.807, 2.05) is 0 Å². The summed E-state index contributed by atoms with van der Waals surface area (Å²) in [5.74, 6) is 1.06. The number of epoxide rings is 1. The lowest BCUT2D eigenvalue weighted by Crippen LogP contribution is -2.32. The fraction of sp³-hybridized carbons (Fsp3) is 0.517. The SMILES string of the molecule is Cc1ccc(Cn2cc(C(CC3OC3NCCN3CCCC3)C(C)C)c3ccccc32)cc1. The van der Waals surface area contributed by atoms with E-state index in [1.54, 1.807) is 0 Å². The molecule has 4 heteroatoms. The first-order valence-corrected chi connectivity index (χ1v) is 12.8. The molecule has 3 aromatic rings. The normalized spacial score (nSPS) is 21.8. The van der Waals surface area contributed by atoms with Gasteiger partial charge in [-0.3, -0.25) is 5.32 Å². The maximum Gasteiger partial charge on any atom is 0.135 e. The molecule has 1 N–H and O–H groups in total. The minimum atomic E-state index is 0.231. The van der Waals surface area contributed by atoms with E-state index < -0.39 is 0 Å². The largest absolute Gasteiger partial charge is 0.353 e. The number of nitrogens with zero attached hydrogens (tertiary/aromatic N) is 2. The summed E-state index contributed by atoms with van der Waals surface area (Å²) >= 11 is 0. The first-order chi connectivity index (χ1) is 16.1. The van der Waals surface area contributed by atoms with E-state index in [4.69, 9.17) is 4.74 Å². The predicted molar refractivity (Wildman–Crippen MR) is 137 cm³/mol. The molecule has 3 unspecified atom stereocenters. The number of para-hydroxylation sites is 1. The second kappa shape index (κ2) is 10.0. The van der Waals surface area contributed by atoms with Crippen molar-refractivity contribution in [1.29, 1.82) is 0 Å². The molecule has 3 atom stereocenters. The molecular weight excluding hydrogens is 406 g/mol. The van der Waals surface area contributed by atoms with Crippen LogP contribution < -0.4 is 5.32 Å². The molecule has 0 bridgehead atoms. The van der Waals surface area contributed by atoms with Crippen LogP contribution in [0, 0.1) is 12.8 Å². The summed E-state index contributed by atoms with van der Waals surface area (Å²) in [6.45, 7) is 12.5. The van der Waals surface area contributed by atoms with Crippen LogP contribution in [0.4, 0.5) is 0 Å². The van der Waals surface area contributed by atoms with Crippen LogP contribution in [0.25, 0.3) is 10.9 Å². The zero-order valence-corrected chi connectivity index (χ0v) is 20.5. The fourth-order valence-electron chi connectivity index (χ4n) is 5.47. The molecule has 0 amide bonds. The van der Waals surface area contributed by atoms with Gasteiger partial charge in [0.05, 0.1) is 6.10 Å². The van der Waals surface area contributed by atoms with Crippen molar-refractivity contribution in [3.05, 3.63) is 71.4 Å². The van der Waals surface area contributed by atoms with Crippen molar-refractivity contribution >= 4 is 10.9 Å². The highest BCUT2D eigenvalue weighted by Gasteiger charge is 2.41. The van der Waals surface area contributed by atoms with Crippen LogP contribution in [-0.2, 0) is 11.3 Å². The lowest BCUT2D eigenvalue weighted by atomic mass is 9.84. The van der Waals surface area contributed by atoms with Gasteiger partial charge >= 0.3 is 0 Å². The maximum absolute atomic E-state index is 6.07. The number of aromatic nitrogens is 1. The number of fused-ring (bicyclic) bond motifs is 1. The third-order valence-corrected chi connectivity index (χ3v) is 7.54. The summed E-state index contributed by atoms with van der Waals surface area (Å²) in [6.07, 6.45) is 6.77. The van der Waals surface area contributed by atoms with E-state index >= 15 is 0 Å². The molecule has 5 rings (SSSR count). The van der Waals surface area contributed by atoms with E-state index in [0.717, 1.165) is 26.1 Å². The molecule has 0 spiro atoms. The zero-order valence-electron chi connectivity index (χ0n) is 20.5. The van der Waals surface area contributed by atoms with Gasteiger partial charge in [-0.25, -0.2) is 0 Å². The summed E-state index contributed by atoms with van der Waals surface area (Å²) in [5, 5.41) is 5.03. The Kier molecular flexibility index (Phi) is 6.86. The smallest absolute Gasteiger partial charge is 0.135 e. The third-order valence-electron chi connectivity index (χ3n) is 7.54. The molecule has 3 heterocycles. The van der Waals surface area contributed by atoms with Gasteiger partial charge in [0.1, 0.15) is 6.23 Å². The quantitative estimate of drug-likeness (QED) is 0.416. The summed E-state index contributed by atoms with van der Waals surface area (Å²) in [4.78, 5) is 2.56. The van der Waals surface area contributed by atoms with Crippen molar-refractivity contribution < 1.29 is 4.74 Å². The Bertz CT molecular complexity index is 1050. The number of benzene rings is 2. The van der Waals surface area contributed by atoms with Crippen LogP contribution in [0.3, 0.4) is 0 Å². The minimum absolute atomic E-state index is 0.231. The van der Waals surface area contributed by atoms with Gasteiger partial charge in [0, 0.05) is 36.7 Å². The molecule has 2 saturated heterocycles. The highest BCUT2D eigenvalue weighted by atomic mass is 16.6. The number of ether oxygens (including phenoxy) is 1. The third kappa shape index (κ3) is 5.34. The standard InChI is InChI=1S/C29H39N3O/c1-21(2)25(18-28-29(33-28)30-14-17-31-15-6-7-16-31)26-20-32(27-9-5-4-8-24(26)27)19-23-12-10-22(3)11-13-23/h4-5,8-13,20-21,25,28-30H,6-7,14-19H2,1-3H3. The van der Waals surface area contributed by atoms with Crippen LogP contribution in [-0.4, -0.2) is 48.0 Å². The molecule has 176 valence electrons. The number of hydrogen-bond donors (Lipinski definition) is 1. The van der Waals surface area contributed by atoms with E-state index in [9.17, 15) is 0 Å². The molecule has 0 saturated carbocycles. The summed E-state index contributed by atoms with van der Waals surface area (Å²) in [5.41, 5.74) is 5.46. The number of aryl methyl sites for hydroxylation is 1. The summed E-state index contributed by atoms with van der Waals surface area (Å²) < 4.78 is 8.51. The van der Waals surface area contributed by atoms with E-state index in [0.29, 0.717) is 17.9 Å². The molecule has 0 aliphatic carbocycles. The van der Waals surface area contributed by atoms with Gasteiger partial charge in [0.15, 0.2) is 0 Å². The topological polar surface area (TPSA) is 32.7 Å². The first kappa shape index (κ1) is 22.6. The Morgan fingerprint density at radius 2 is 1.79 bits per heavy atom. The van der Waals surface area contributed by atoms with Gasteiger partial charge in [-0.15, -0.1) is 0 Å². The molecule has 2 fully saturated rings. The van der Waals surface area contributed by atoms with Crippen LogP contribution in [0.2, 0.25) is 0 Å². The molecule has 0 radical (unpaired) electrons. The first-order valence-electron chi connectivity index (χ1n) is 12.8. The van der Waals surface area contributed by atoms with Crippen molar-refractivity contribution in [2.45, 2.75) is 64.8 Å². The van der Waals surface area contributed by atoms with Gasteiger partial charge in [0.2, 0.25) is 0 Å². The van der Waals surface area contributed by atoms with Crippen molar-refractivity contribution in [2.24, 2.45) is 5.92 Å². The highest BCUT2D eigenvalue weighted by molar-refractivity contribution is 5.84. The lowest BCUT2D eigenvalue weighted by Gasteiger charge is -2.20. The molecule has 2 aliphatic rings. The van der Waals surface area contributed by atoms with Crippen LogP contribution in [0.5, 0.6) is 0 Å². The Labute approximate surface area is 198 Å². The summed E-state index contributed by atoms with van der Waals surface area (Å²) in [7, 11) is 0. The Morgan fingerprint density at radius 3 is 2.55 bits per heavy atom. The number of nitrogens with one attached hydrogen (secondary N) is 1. The monoisotopic (exact) mass is 445 g/mol. The Balaban J connectivity index is 1.28. The van der Waals surface area contributed by atoms with E-state index in [1.165, 1.54) is 53.5 Å².